The van der Waals surface area contributed by atoms with E-state index in [0.29, 0.717) is 0 Å². The van der Waals surface area contributed by atoms with Crippen molar-refractivity contribution < 1.29 is 0 Å². The molecule has 0 aromatic heterocycles. The van der Waals surface area contributed by atoms with E-state index in [2.05, 4.69) is 0 Å². The van der Waals surface area contributed by atoms with Crippen LogP contribution in [-0.2, 0) is 0 Å². The smallest absolute Gasteiger partial charge is 0.0813 e. The van der Waals surface area contributed by atoms with Gasteiger partial charge in [-0.1, -0.05) is 24.3 Å². The summed E-state index contributed by atoms with van der Waals surface area (Å²) < 4.78 is 0. The Morgan fingerprint density at radius 2 is 1.70 bits per heavy atom. The van der Waals surface area contributed by atoms with E-state index in [4.69, 9.17) is 17.3 Å². The molecule has 2 unspecified atom stereocenters. The van der Waals surface area contributed by atoms with Gasteiger partial charge in [-0.2, -0.15) is 0 Å². The van der Waals surface area contributed by atoms with Crippen LogP contribution in [0.5, 0.6) is 0 Å². The van der Waals surface area contributed by atoms with Crippen molar-refractivity contribution in [3.63, 3.8) is 0 Å². The molecule has 0 radical (unpaired) electrons. The van der Waals surface area contributed by atoms with Crippen molar-refractivity contribution in [3.8, 4) is 0 Å². The molecule has 1 rings (SSSR count). The van der Waals surface area contributed by atoms with Crippen molar-refractivity contribution in [1.29, 1.82) is 0 Å². The van der Waals surface area contributed by atoms with Crippen LogP contribution in [0.15, 0.2) is 24.3 Å². The van der Waals surface area contributed by atoms with Gasteiger partial charge in [0.15, 0.2) is 0 Å². The van der Waals surface area contributed by atoms with E-state index < -0.39 is 10.4 Å². The molecule has 10 heavy (non-hydrogen) atoms. The summed E-state index contributed by atoms with van der Waals surface area (Å²) in [6.45, 7) is 3.83. The van der Waals surface area contributed by atoms with Crippen LogP contribution in [0.4, 0.5) is 0 Å². The lowest BCUT2D eigenvalue weighted by atomic mass is 9.84. The molecule has 0 aliphatic heterocycles. The largest absolute Gasteiger partial charge is 0.320 e. The third-order valence-corrected chi connectivity index (χ3v) is 2.55. The molecular formula is C8H12ClN. The van der Waals surface area contributed by atoms with E-state index in [1.54, 1.807) is 0 Å². The standard InChI is InChI=1S/C8H12ClN/c1-7(9)5-3-4-6-8(7,2)10/h3-6H,10H2,1-2H3. The van der Waals surface area contributed by atoms with Crippen LogP contribution >= 0.6 is 11.6 Å². The molecule has 0 bridgehead atoms. The fourth-order valence-corrected chi connectivity index (χ4v) is 0.970. The lowest BCUT2D eigenvalue weighted by Gasteiger charge is -2.36. The predicted molar refractivity (Wildman–Crippen MR) is 45.1 cm³/mol. The minimum atomic E-state index is -0.443. The zero-order valence-electron chi connectivity index (χ0n) is 6.26. The van der Waals surface area contributed by atoms with Gasteiger partial charge in [0.1, 0.15) is 0 Å². The summed E-state index contributed by atoms with van der Waals surface area (Å²) in [6.07, 6.45) is 7.67. The van der Waals surface area contributed by atoms with Crippen molar-refractivity contribution in [2.45, 2.75) is 24.3 Å². The Bertz CT molecular complexity index is 167. The molecule has 2 heteroatoms. The molecule has 2 N–H and O–H groups in total. The predicted octanol–water partition coefficient (Wildman–Crippen LogP) is 1.83. The SMILES string of the molecule is CC1(N)C=CC=CC1(C)Cl. The van der Waals surface area contributed by atoms with Gasteiger partial charge >= 0.3 is 0 Å². The maximum absolute atomic E-state index is 6.10. The van der Waals surface area contributed by atoms with Gasteiger partial charge in [0.2, 0.25) is 0 Å². The van der Waals surface area contributed by atoms with Gasteiger partial charge < -0.3 is 5.73 Å². The maximum Gasteiger partial charge on any atom is 0.0813 e. The first-order valence-electron chi connectivity index (χ1n) is 3.31. The average Bonchev–Trinajstić information content (AvgIpc) is 1.77. The van der Waals surface area contributed by atoms with E-state index >= 15 is 0 Å². The highest BCUT2D eigenvalue weighted by Crippen LogP contribution is 2.31. The van der Waals surface area contributed by atoms with Crippen LogP contribution in [0.3, 0.4) is 0 Å². The second-order valence-corrected chi connectivity index (χ2v) is 3.86. The van der Waals surface area contributed by atoms with Crippen molar-refractivity contribution in [1.82, 2.24) is 0 Å². The summed E-state index contributed by atoms with van der Waals surface area (Å²) in [6, 6.07) is 0. The molecule has 1 aliphatic rings. The Morgan fingerprint density at radius 1 is 1.20 bits per heavy atom. The molecule has 0 aromatic rings. The second kappa shape index (κ2) is 2.11. The third-order valence-electron chi connectivity index (χ3n) is 2.02. The number of rotatable bonds is 0. The molecule has 0 aromatic carbocycles. The lowest BCUT2D eigenvalue weighted by Crippen LogP contribution is -2.51. The molecule has 0 heterocycles. The van der Waals surface area contributed by atoms with Gasteiger partial charge in [-0.3, -0.25) is 0 Å². The first-order chi connectivity index (χ1) is 4.46. The Hall–Kier alpha value is -0.270. The molecule has 56 valence electrons. The summed E-state index contributed by atoms with van der Waals surface area (Å²) in [5, 5.41) is 0. The van der Waals surface area contributed by atoms with Crippen LogP contribution in [0, 0.1) is 0 Å². The summed E-state index contributed by atoms with van der Waals surface area (Å²) in [5.74, 6) is 0. The molecule has 0 saturated carbocycles. The minimum Gasteiger partial charge on any atom is -0.320 e. The van der Waals surface area contributed by atoms with E-state index in [1.165, 1.54) is 0 Å². The molecule has 0 amide bonds. The minimum absolute atomic E-state index is 0.427. The van der Waals surface area contributed by atoms with E-state index in [-0.39, 0.29) is 0 Å². The van der Waals surface area contributed by atoms with Crippen LogP contribution in [0.25, 0.3) is 0 Å². The zero-order chi connectivity index (χ0) is 7.83. The van der Waals surface area contributed by atoms with E-state index in [0.717, 1.165) is 0 Å². The Kier molecular flexibility index (Phi) is 1.65. The van der Waals surface area contributed by atoms with Crippen molar-refractivity contribution in [3.05, 3.63) is 24.3 Å². The van der Waals surface area contributed by atoms with Crippen molar-refractivity contribution >= 4 is 11.6 Å². The van der Waals surface area contributed by atoms with E-state index in [9.17, 15) is 0 Å². The molecular weight excluding hydrogens is 146 g/mol. The first kappa shape index (κ1) is 7.83. The molecule has 0 saturated heterocycles. The Morgan fingerprint density at radius 3 is 2.00 bits per heavy atom. The third kappa shape index (κ3) is 1.11. The summed E-state index contributed by atoms with van der Waals surface area (Å²) in [7, 11) is 0. The fraction of sp³-hybridized carbons (Fsp3) is 0.500. The lowest BCUT2D eigenvalue weighted by molar-refractivity contribution is 0.486. The molecule has 0 spiro atoms. The highest BCUT2D eigenvalue weighted by Gasteiger charge is 2.36. The van der Waals surface area contributed by atoms with Gasteiger partial charge in [-0.25, -0.2) is 0 Å². The molecule has 0 fully saturated rings. The number of alkyl halides is 1. The maximum atomic E-state index is 6.10. The highest BCUT2D eigenvalue weighted by atomic mass is 35.5. The Balaban J connectivity index is 2.96. The van der Waals surface area contributed by atoms with Gasteiger partial charge in [0, 0.05) is 0 Å². The number of nitrogens with two attached hydrogens (primary N) is 1. The average molecular weight is 158 g/mol. The van der Waals surface area contributed by atoms with E-state index in [1.807, 2.05) is 38.2 Å². The van der Waals surface area contributed by atoms with Crippen LogP contribution in [-0.4, -0.2) is 10.4 Å². The fourth-order valence-electron chi connectivity index (χ4n) is 0.834. The van der Waals surface area contributed by atoms with Crippen LogP contribution < -0.4 is 5.73 Å². The quantitative estimate of drug-likeness (QED) is 0.534. The van der Waals surface area contributed by atoms with Gasteiger partial charge in [-0.15, -0.1) is 11.6 Å². The van der Waals surface area contributed by atoms with Crippen LogP contribution in [0.1, 0.15) is 13.8 Å². The summed E-state index contributed by atoms with van der Waals surface area (Å²) in [5.41, 5.74) is 5.46. The Labute approximate surface area is 66.6 Å². The summed E-state index contributed by atoms with van der Waals surface area (Å²) in [4.78, 5) is -0.443. The molecule has 2 atom stereocenters. The van der Waals surface area contributed by atoms with Crippen LogP contribution in [0.2, 0.25) is 0 Å². The number of allylic oxidation sites excluding steroid dienone is 2. The first-order valence-corrected chi connectivity index (χ1v) is 3.68. The van der Waals surface area contributed by atoms with Crippen molar-refractivity contribution in [2.75, 3.05) is 0 Å². The number of hydrogen-bond acceptors (Lipinski definition) is 1. The monoisotopic (exact) mass is 157 g/mol. The van der Waals surface area contributed by atoms with Gasteiger partial charge in [0.05, 0.1) is 10.4 Å². The van der Waals surface area contributed by atoms with Gasteiger partial charge in [0.25, 0.3) is 0 Å². The second-order valence-electron chi connectivity index (χ2n) is 3.08. The van der Waals surface area contributed by atoms with Crippen molar-refractivity contribution in [2.24, 2.45) is 5.73 Å². The zero-order valence-corrected chi connectivity index (χ0v) is 7.02. The number of halogens is 1. The topological polar surface area (TPSA) is 26.0 Å². The van der Waals surface area contributed by atoms with Gasteiger partial charge in [-0.05, 0) is 13.8 Å². The molecule has 1 aliphatic carbocycles. The highest BCUT2D eigenvalue weighted by molar-refractivity contribution is 6.26. The molecule has 1 nitrogen and oxygen atoms in total. The summed E-state index contributed by atoms with van der Waals surface area (Å²) >= 11 is 6.10. The normalized spacial score (nSPS) is 46.0. The number of hydrogen-bond donors (Lipinski definition) is 1.